The van der Waals surface area contributed by atoms with Gasteiger partial charge in [-0.25, -0.2) is 0 Å². The Morgan fingerprint density at radius 1 is 1.42 bits per heavy atom. The summed E-state index contributed by atoms with van der Waals surface area (Å²) in [6.45, 7) is 10.2. The maximum absolute atomic E-state index is 5.37. The molecule has 0 radical (unpaired) electrons. The molecule has 1 atom stereocenters. The number of ether oxygens (including phenoxy) is 1. The molecule has 0 aromatic heterocycles. The van der Waals surface area contributed by atoms with Crippen molar-refractivity contribution >= 4 is 15.9 Å². The van der Waals surface area contributed by atoms with Gasteiger partial charge in [-0.2, -0.15) is 0 Å². The summed E-state index contributed by atoms with van der Waals surface area (Å²) in [6.07, 6.45) is 2.97. The molecule has 0 heterocycles. The number of hydrogen-bond donors (Lipinski definition) is 0. The largest absolute Gasteiger partial charge is 0.379 e. The van der Waals surface area contributed by atoms with Gasteiger partial charge in [-0.3, -0.25) is 0 Å². The zero-order valence-electron chi connectivity index (χ0n) is 8.48. The molecule has 12 heavy (non-hydrogen) atoms. The van der Waals surface area contributed by atoms with Crippen molar-refractivity contribution in [3.63, 3.8) is 0 Å². The third-order valence-corrected chi connectivity index (χ3v) is 3.46. The molecule has 2 heteroatoms. The lowest BCUT2D eigenvalue weighted by Gasteiger charge is -2.33. The summed E-state index contributed by atoms with van der Waals surface area (Å²) in [5.74, 6) is 0. The van der Waals surface area contributed by atoms with E-state index in [4.69, 9.17) is 4.74 Å². The Morgan fingerprint density at radius 2 is 1.92 bits per heavy atom. The maximum Gasteiger partial charge on any atom is 0.0631 e. The summed E-state index contributed by atoms with van der Waals surface area (Å²) in [5, 5.41) is 0.927. The number of rotatable bonds is 5. The first-order valence-corrected chi connectivity index (χ1v) is 5.26. The first-order chi connectivity index (χ1) is 5.39. The normalized spacial score (nSPS) is 17.1. The van der Waals surface area contributed by atoms with E-state index in [2.05, 4.69) is 43.3 Å². The lowest BCUT2D eigenvalue weighted by atomic mass is 9.82. The third kappa shape index (κ3) is 3.72. The zero-order valence-corrected chi connectivity index (χ0v) is 10.1. The van der Waals surface area contributed by atoms with Crippen LogP contribution in [0.5, 0.6) is 0 Å². The molecule has 0 saturated heterocycles. The highest BCUT2D eigenvalue weighted by Crippen LogP contribution is 2.32. The van der Waals surface area contributed by atoms with E-state index in [0.29, 0.717) is 0 Å². The smallest absolute Gasteiger partial charge is 0.0631 e. The van der Waals surface area contributed by atoms with Crippen LogP contribution in [0.15, 0.2) is 12.7 Å². The van der Waals surface area contributed by atoms with E-state index in [1.807, 2.05) is 6.08 Å². The Morgan fingerprint density at radius 3 is 2.17 bits per heavy atom. The van der Waals surface area contributed by atoms with E-state index in [0.717, 1.165) is 11.8 Å². The molecule has 0 aromatic carbocycles. The molecule has 0 N–H and O–H groups in total. The number of allylic oxidation sites excluding steroid dienone is 1. The van der Waals surface area contributed by atoms with Crippen molar-refractivity contribution in [2.45, 2.75) is 32.8 Å². The van der Waals surface area contributed by atoms with E-state index in [1.165, 1.54) is 0 Å². The second-order valence-electron chi connectivity index (χ2n) is 4.13. The van der Waals surface area contributed by atoms with Gasteiger partial charge in [-0.15, -0.1) is 6.58 Å². The van der Waals surface area contributed by atoms with Crippen molar-refractivity contribution in [2.24, 2.45) is 5.41 Å². The number of halogens is 1. The number of hydrogen-bond acceptors (Lipinski definition) is 1. The fourth-order valence-electron chi connectivity index (χ4n) is 1.22. The highest BCUT2D eigenvalue weighted by Gasteiger charge is 2.28. The molecule has 1 nitrogen and oxygen atoms in total. The summed E-state index contributed by atoms with van der Waals surface area (Å²) >= 11 is 3.49. The van der Waals surface area contributed by atoms with Crippen LogP contribution >= 0.6 is 15.9 Å². The molecule has 0 aliphatic rings. The Bertz CT molecular complexity index is 154. The van der Waals surface area contributed by atoms with Gasteiger partial charge in [0, 0.05) is 12.4 Å². The third-order valence-electron chi connectivity index (χ3n) is 2.18. The van der Waals surface area contributed by atoms with Gasteiger partial charge in [0.15, 0.2) is 0 Å². The molecule has 0 aliphatic carbocycles. The number of alkyl halides is 1. The van der Waals surface area contributed by atoms with E-state index in [1.54, 1.807) is 7.11 Å². The average Bonchev–Trinajstić information content (AvgIpc) is 2.04. The second kappa shape index (κ2) is 4.43. The van der Waals surface area contributed by atoms with Crippen LogP contribution in [-0.2, 0) is 4.74 Å². The lowest BCUT2D eigenvalue weighted by molar-refractivity contribution is -0.00356. The van der Waals surface area contributed by atoms with E-state index in [9.17, 15) is 0 Å². The average molecular weight is 235 g/mol. The molecule has 0 rings (SSSR count). The van der Waals surface area contributed by atoms with Crippen LogP contribution < -0.4 is 0 Å². The van der Waals surface area contributed by atoms with Gasteiger partial charge in [-0.1, -0.05) is 28.9 Å². The fraction of sp³-hybridized carbons (Fsp3) is 0.800. The maximum atomic E-state index is 5.37. The summed E-state index contributed by atoms with van der Waals surface area (Å²) in [4.78, 5) is 0. The second-order valence-corrected chi connectivity index (χ2v) is 4.69. The molecule has 72 valence electrons. The monoisotopic (exact) mass is 234 g/mol. The highest BCUT2D eigenvalue weighted by molar-refractivity contribution is 9.09. The minimum absolute atomic E-state index is 0.0727. The quantitative estimate of drug-likeness (QED) is 0.524. The van der Waals surface area contributed by atoms with Gasteiger partial charge in [-0.05, 0) is 25.7 Å². The predicted molar refractivity (Wildman–Crippen MR) is 57.8 cm³/mol. The van der Waals surface area contributed by atoms with Gasteiger partial charge < -0.3 is 4.74 Å². The molecule has 0 amide bonds. The molecule has 0 saturated carbocycles. The van der Waals surface area contributed by atoms with Gasteiger partial charge in [0.05, 0.1) is 5.60 Å². The molecule has 1 unspecified atom stereocenters. The highest BCUT2D eigenvalue weighted by atomic mass is 79.9. The van der Waals surface area contributed by atoms with Crippen LogP contribution in [0.2, 0.25) is 0 Å². The van der Waals surface area contributed by atoms with Crippen LogP contribution in [0.1, 0.15) is 27.2 Å². The van der Waals surface area contributed by atoms with Crippen LogP contribution in [0.4, 0.5) is 0 Å². The molecule has 0 spiro atoms. The minimum atomic E-state index is -0.0727. The topological polar surface area (TPSA) is 9.23 Å². The van der Waals surface area contributed by atoms with Gasteiger partial charge >= 0.3 is 0 Å². The van der Waals surface area contributed by atoms with Crippen molar-refractivity contribution in [1.82, 2.24) is 0 Å². The predicted octanol–water partition coefficient (Wildman–Crippen LogP) is 3.39. The van der Waals surface area contributed by atoms with E-state index >= 15 is 0 Å². The van der Waals surface area contributed by atoms with Crippen molar-refractivity contribution < 1.29 is 4.74 Å². The van der Waals surface area contributed by atoms with Crippen LogP contribution in [0, 0.1) is 5.41 Å². The molecular formula is C10H19BrO. The van der Waals surface area contributed by atoms with Crippen molar-refractivity contribution in [3.8, 4) is 0 Å². The Hall–Kier alpha value is 0.180. The molecule has 0 aromatic rings. The first-order valence-electron chi connectivity index (χ1n) is 4.14. The summed E-state index contributed by atoms with van der Waals surface area (Å²) < 4.78 is 5.37. The van der Waals surface area contributed by atoms with Crippen LogP contribution in [-0.4, -0.2) is 18.0 Å². The summed E-state index contributed by atoms with van der Waals surface area (Å²) in [7, 11) is 1.75. The Balaban J connectivity index is 4.29. The van der Waals surface area contributed by atoms with Crippen LogP contribution in [0.25, 0.3) is 0 Å². The summed E-state index contributed by atoms with van der Waals surface area (Å²) in [6, 6.07) is 0. The van der Waals surface area contributed by atoms with Crippen molar-refractivity contribution in [2.75, 3.05) is 12.4 Å². The molecule has 0 aliphatic heterocycles. The van der Waals surface area contributed by atoms with Crippen LogP contribution in [0.3, 0.4) is 0 Å². The van der Waals surface area contributed by atoms with E-state index < -0.39 is 0 Å². The SMILES string of the molecule is C=CC(C)(CBr)CC(C)(C)OC. The summed E-state index contributed by atoms with van der Waals surface area (Å²) in [5.41, 5.74) is 0.0518. The zero-order chi connectivity index (χ0) is 9.83. The fourth-order valence-corrected chi connectivity index (χ4v) is 1.65. The standard InChI is InChI=1S/C10H19BrO/c1-6-10(4,8-11)7-9(2,3)12-5/h6H,1,7-8H2,2-5H3. The van der Waals surface area contributed by atoms with E-state index in [-0.39, 0.29) is 11.0 Å². The van der Waals surface area contributed by atoms with Gasteiger partial charge in [0.1, 0.15) is 0 Å². The molecular weight excluding hydrogens is 216 g/mol. The minimum Gasteiger partial charge on any atom is -0.379 e. The Kier molecular flexibility index (Phi) is 4.49. The van der Waals surface area contributed by atoms with Gasteiger partial charge in [0.2, 0.25) is 0 Å². The lowest BCUT2D eigenvalue weighted by Crippen LogP contribution is -2.31. The molecule has 0 fully saturated rings. The number of methoxy groups -OCH3 is 1. The van der Waals surface area contributed by atoms with Crippen molar-refractivity contribution in [1.29, 1.82) is 0 Å². The Labute approximate surface area is 84.3 Å². The first kappa shape index (κ1) is 12.2. The van der Waals surface area contributed by atoms with Crippen molar-refractivity contribution in [3.05, 3.63) is 12.7 Å². The molecule has 0 bridgehead atoms. The van der Waals surface area contributed by atoms with Gasteiger partial charge in [0.25, 0.3) is 0 Å².